The first-order valence-corrected chi connectivity index (χ1v) is 32.4. The number of esters is 3. The monoisotopic (exact) mass is 1050 g/mol. The van der Waals surface area contributed by atoms with E-state index in [1.807, 2.05) is 0 Å². The van der Waals surface area contributed by atoms with Gasteiger partial charge in [-0.1, -0.05) is 293 Å². The van der Waals surface area contributed by atoms with E-state index in [2.05, 4.69) is 93.7 Å². The van der Waals surface area contributed by atoms with Gasteiger partial charge in [0.25, 0.3) is 0 Å². The molecule has 0 spiro atoms. The summed E-state index contributed by atoms with van der Waals surface area (Å²) in [7, 11) is 0. The molecule has 0 saturated heterocycles. The second-order valence-corrected chi connectivity index (χ2v) is 21.6. The maximum atomic E-state index is 12.9. The van der Waals surface area contributed by atoms with Crippen molar-refractivity contribution in [2.24, 2.45) is 0 Å². The molecule has 0 aliphatic heterocycles. The highest BCUT2D eigenvalue weighted by atomic mass is 16.6. The number of hydrogen-bond donors (Lipinski definition) is 0. The number of carbonyl (C=O) groups excluding carboxylic acids is 3. The summed E-state index contributed by atoms with van der Waals surface area (Å²) in [6.07, 6.45) is 81.9. The van der Waals surface area contributed by atoms with Crippen molar-refractivity contribution in [2.75, 3.05) is 13.2 Å². The number of hydrogen-bond acceptors (Lipinski definition) is 6. The lowest BCUT2D eigenvalue weighted by atomic mass is 10.0. The second-order valence-electron chi connectivity index (χ2n) is 21.6. The summed E-state index contributed by atoms with van der Waals surface area (Å²) in [5, 5.41) is 0. The Morgan fingerprint density at radius 1 is 0.280 bits per heavy atom. The molecule has 0 saturated carbocycles. The number of unbranched alkanes of at least 4 members (excludes halogenated alkanes) is 36. The van der Waals surface area contributed by atoms with Gasteiger partial charge in [0.1, 0.15) is 13.2 Å². The van der Waals surface area contributed by atoms with Gasteiger partial charge in [0.05, 0.1) is 0 Å². The van der Waals surface area contributed by atoms with Crippen LogP contribution in [0.1, 0.15) is 329 Å². The lowest BCUT2D eigenvalue weighted by Crippen LogP contribution is -2.30. The summed E-state index contributed by atoms with van der Waals surface area (Å²) < 4.78 is 16.9. The van der Waals surface area contributed by atoms with E-state index in [9.17, 15) is 14.4 Å². The Bertz CT molecular complexity index is 1390. The number of carbonyl (C=O) groups is 3. The van der Waals surface area contributed by atoms with Crippen molar-refractivity contribution >= 4 is 17.9 Å². The third kappa shape index (κ3) is 61.6. The summed E-state index contributed by atoms with van der Waals surface area (Å²) in [5.41, 5.74) is 0. The molecule has 0 aromatic carbocycles. The summed E-state index contributed by atoms with van der Waals surface area (Å²) in [6, 6.07) is 0. The maximum absolute atomic E-state index is 12.9. The quantitative estimate of drug-likeness (QED) is 0.0261. The molecule has 0 bridgehead atoms. The first-order chi connectivity index (χ1) is 37.0. The van der Waals surface area contributed by atoms with E-state index in [0.29, 0.717) is 19.3 Å². The minimum absolute atomic E-state index is 0.0739. The van der Waals surface area contributed by atoms with Crippen molar-refractivity contribution in [3.63, 3.8) is 0 Å². The standard InChI is InChI=1S/C69H122O6/c1-4-7-10-13-16-19-22-25-27-29-31-32-33-34-35-36-37-38-39-41-42-44-47-50-53-56-59-62-68(71)74-65-66(64-73-67(70)61-58-55-52-49-46-24-21-18-15-12-9-6-3)75-69(72)63-60-57-54-51-48-45-43-40-30-28-26-23-20-17-14-11-8-5-2/h7,10,16,19,25,27-28,30-32,34-35,66H,4-6,8-9,11-15,17-18,20-24,26,29,33,36-65H2,1-3H3/b10-7-,19-16-,27-25-,30-28-,32-31-,35-34-. The van der Waals surface area contributed by atoms with Gasteiger partial charge in [-0.2, -0.15) is 0 Å². The molecule has 75 heavy (non-hydrogen) atoms. The summed E-state index contributed by atoms with van der Waals surface area (Å²) >= 11 is 0. The smallest absolute Gasteiger partial charge is 0.306 e. The van der Waals surface area contributed by atoms with Crippen molar-refractivity contribution in [1.82, 2.24) is 0 Å². The SMILES string of the molecule is CC/C=C\C/C=C\C/C=C\C/C=C\C/C=C\CCCCCCCCCCCCCC(=O)OCC(COC(=O)CCCCCCCCCCCCCC)OC(=O)CCCCCCCCC/C=C\CCCCCCCCC. The number of rotatable bonds is 59. The van der Waals surface area contributed by atoms with E-state index >= 15 is 0 Å². The van der Waals surface area contributed by atoms with Gasteiger partial charge in [-0.15, -0.1) is 0 Å². The molecule has 0 heterocycles. The zero-order valence-corrected chi connectivity index (χ0v) is 49.8. The Labute approximate surface area is 465 Å². The van der Waals surface area contributed by atoms with Crippen LogP contribution in [0.3, 0.4) is 0 Å². The second kappa shape index (κ2) is 63.4. The zero-order valence-electron chi connectivity index (χ0n) is 49.8. The molecule has 0 N–H and O–H groups in total. The Balaban J connectivity index is 4.26. The van der Waals surface area contributed by atoms with Crippen LogP contribution < -0.4 is 0 Å². The lowest BCUT2D eigenvalue weighted by molar-refractivity contribution is -0.167. The van der Waals surface area contributed by atoms with Gasteiger partial charge in [-0.3, -0.25) is 14.4 Å². The average Bonchev–Trinajstić information content (AvgIpc) is 3.41. The maximum Gasteiger partial charge on any atom is 0.306 e. The van der Waals surface area contributed by atoms with Crippen LogP contribution in [-0.2, 0) is 28.6 Å². The van der Waals surface area contributed by atoms with Crippen molar-refractivity contribution < 1.29 is 28.6 Å². The highest BCUT2D eigenvalue weighted by Crippen LogP contribution is 2.17. The zero-order chi connectivity index (χ0) is 54.3. The van der Waals surface area contributed by atoms with E-state index in [-0.39, 0.29) is 31.1 Å². The van der Waals surface area contributed by atoms with Gasteiger partial charge in [0, 0.05) is 19.3 Å². The van der Waals surface area contributed by atoms with Crippen molar-refractivity contribution in [3.05, 3.63) is 72.9 Å². The summed E-state index contributed by atoms with van der Waals surface area (Å²) in [6.45, 7) is 6.55. The molecule has 434 valence electrons. The first kappa shape index (κ1) is 71.8. The summed E-state index contributed by atoms with van der Waals surface area (Å²) in [5.74, 6) is -0.865. The Hall–Kier alpha value is -3.15. The minimum Gasteiger partial charge on any atom is -0.462 e. The number of ether oxygens (including phenoxy) is 3. The molecular weight excluding hydrogens is 925 g/mol. The van der Waals surface area contributed by atoms with Crippen LogP contribution in [0.4, 0.5) is 0 Å². The van der Waals surface area contributed by atoms with Gasteiger partial charge < -0.3 is 14.2 Å². The third-order valence-corrected chi connectivity index (χ3v) is 14.2. The van der Waals surface area contributed by atoms with Crippen LogP contribution in [0.5, 0.6) is 0 Å². The fraction of sp³-hybridized carbons (Fsp3) is 0.783. The van der Waals surface area contributed by atoms with Gasteiger partial charge >= 0.3 is 17.9 Å². The molecule has 0 aliphatic carbocycles. The van der Waals surface area contributed by atoms with Crippen LogP contribution in [0.25, 0.3) is 0 Å². The molecular formula is C69H122O6. The lowest BCUT2D eigenvalue weighted by Gasteiger charge is -2.18. The van der Waals surface area contributed by atoms with Crippen LogP contribution in [-0.4, -0.2) is 37.2 Å². The van der Waals surface area contributed by atoms with Gasteiger partial charge in [-0.25, -0.2) is 0 Å². The van der Waals surface area contributed by atoms with Crippen LogP contribution >= 0.6 is 0 Å². The molecule has 1 unspecified atom stereocenters. The molecule has 0 aliphatic rings. The van der Waals surface area contributed by atoms with Crippen LogP contribution in [0.15, 0.2) is 72.9 Å². The van der Waals surface area contributed by atoms with Gasteiger partial charge in [-0.05, 0) is 89.9 Å². The van der Waals surface area contributed by atoms with E-state index in [1.165, 1.54) is 199 Å². The molecule has 6 nitrogen and oxygen atoms in total. The Morgan fingerprint density at radius 2 is 0.520 bits per heavy atom. The van der Waals surface area contributed by atoms with E-state index in [4.69, 9.17) is 14.2 Å². The third-order valence-electron chi connectivity index (χ3n) is 14.2. The summed E-state index contributed by atoms with van der Waals surface area (Å²) in [4.78, 5) is 38.3. The van der Waals surface area contributed by atoms with Crippen molar-refractivity contribution in [1.29, 1.82) is 0 Å². The highest BCUT2D eigenvalue weighted by molar-refractivity contribution is 5.71. The van der Waals surface area contributed by atoms with Crippen molar-refractivity contribution in [3.8, 4) is 0 Å². The molecule has 0 amide bonds. The predicted octanol–water partition coefficient (Wildman–Crippen LogP) is 22.1. The van der Waals surface area contributed by atoms with Gasteiger partial charge in [0.15, 0.2) is 6.10 Å². The first-order valence-electron chi connectivity index (χ1n) is 32.4. The average molecular weight is 1050 g/mol. The van der Waals surface area contributed by atoms with E-state index in [0.717, 1.165) is 89.9 Å². The highest BCUT2D eigenvalue weighted by Gasteiger charge is 2.19. The topological polar surface area (TPSA) is 78.9 Å². The number of allylic oxidation sites excluding steroid dienone is 12. The van der Waals surface area contributed by atoms with Crippen molar-refractivity contribution in [2.45, 2.75) is 335 Å². The van der Waals surface area contributed by atoms with Crippen LogP contribution in [0.2, 0.25) is 0 Å². The fourth-order valence-electron chi connectivity index (χ4n) is 9.35. The van der Waals surface area contributed by atoms with E-state index in [1.54, 1.807) is 0 Å². The molecule has 0 radical (unpaired) electrons. The molecule has 0 fully saturated rings. The van der Waals surface area contributed by atoms with Gasteiger partial charge in [0.2, 0.25) is 0 Å². The minimum atomic E-state index is -0.777. The fourth-order valence-corrected chi connectivity index (χ4v) is 9.35. The predicted molar refractivity (Wildman–Crippen MR) is 325 cm³/mol. The molecule has 0 aromatic rings. The largest absolute Gasteiger partial charge is 0.462 e. The van der Waals surface area contributed by atoms with E-state index < -0.39 is 6.10 Å². The Kier molecular flexibility index (Phi) is 60.7. The normalized spacial score (nSPS) is 12.5. The molecule has 0 aromatic heterocycles. The molecule has 1 atom stereocenters. The molecule has 6 heteroatoms. The Morgan fingerprint density at radius 3 is 0.827 bits per heavy atom. The van der Waals surface area contributed by atoms with Crippen LogP contribution in [0, 0.1) is 0 Å². The molecule has 0 rings (SSSR count).